The maximum atomic E-state index is 5.96. The predicted molar refractivity (Wildman–Crippen MR) is 75.9 cm³/mol. The summed E-state index contributed by atoms with van der Waals surface area (Å²) in [6, 6.07) is 7.35. The van der Waals surface area contributed by atoms with Gasteiger partial charge in [-0.1, -0.05) is 12.1 Å². The highest BCUT2D eigenvalue weighted by Crippen LogP contribution is 2.27. The van der Waals surface area contributed by atoms with Gasteiger partial charge in [-0.05, 0) is 36.5 Å². The highest BCUT2D eigenvalue weighted by Gasteiger charge is 2.20. The van der Waals surface area contributed by atoms with Crippen LogP contribution in [-0.4, -0.2) is 37.6 Å². The molecule has 1 atom stereocenters. The molecule has 1 aromatic rings. The van der Waals surface area contributed by atoms with Crippen molar-refractivity contribution in [3.63, 3.8) is 0 Å². The third-order valence-corrected chi connectivity index (χ3v) is 4.21. The van der Waals surface area contributed by atoms with Gasteiger partial charge in [-0.2, -0.15) is 0 Å². The molecule has 3 rings (SSSR count). The zero-order chi connectivity index (χ0) is 12.5. The largest absolute Gasteiger partial charge is 0.374 e. The molecule has 98 valence electrons. The number of hydrogen-bond acceptors (Lipinski definition) is 3. The summed E-state index contributed by atoms with van der Waals surface area (Å²) < 4.78 is 0. The minimum Gasteiger partial charge on any atom is -0.374 e. The number of anilines is 1. The fourth-order valence-corrected chi connectivity index (χ4v) is 3.20. The van der Waals surface area contributed by atoms with Crippen molar-refractivity contribution in [3.05, 3.63) is 29.3 Å². The third-order valence-electron chi connectivity index (χ3n) is 4.21. The van der Waals surface area contributed by atoms with Crippen LogP contribution in [0.3, 0.4) is 0 Å². The van der Waals surface area contributed by atoms with Crippen LogP contribution < -0.4 is 10.6 Å². The number of fused-ring (bicyclic) bond motifs is 1. The molecular weight excluding hydrogens is 222 g/mol. The Morgan fingerprint density at radius 1 is 1.33 bits per heavy atom. The molecule has 2 aliphatic rings. The van der Waals surface area contributed by atoms with Crippen LogP contribution in [0.1, 0.15) is 24.0 Å². The fraction of sp³-hybridized carbons (Fsp3) is 0.600. The van der Waals surface area contributed by atoms with E-state index in [1.54, 1.807) is 0 Å². The highest BCUT2D eigenvalue weighted by molar-refractivity contribution is 5.56. The van der Waals surface area contributed by atoms with Crippen LogP contribution in [0.4, 0.5) is 5.69 Å². The van der Waals surface area contributed by atoms with Crippen LogP contribution in [0.5, 0.6) is 0 Å². The second kappa shape index (κ2) is 4.90. The average molecular weight is 245 g/mol. The van der Waals surface area contributed by atoms with Gasteiger partial charge in [0.25, 0.3) is 0 Å². The first-order valence-corrected chi connectivity index (χ1v) is 7.03. The quantitative estimate of drug-likeness (QED) is 0.859. The first-order valence-electron chi connectivity index (χ1n) is 7.03. The maximum absolute atomic E-state index is 5.96. The van der Waals surface area contributed by atoms with Gasteiger partial charge in [0.1, 0.15) is 0 Å². The highest BCUT2D eigenvalue weighted by atomic mass is 15.2. The summed E-state index contributed by atoms with van der Waals surface area (Å²) in [7, 11) is 2.19. The van der Waals surface area contributed by atoms with Gasteiger partial charge in [-0.15, -0.1) is 0 Å². The second-order valence-corrected chi connectivity index (χ2v) is 5.77. The predicted octanol–water partition coefficient (Wildman–Crippen LogP) is 1.60. The minimum absolute atomic E-state index is 0.383. The Balaban J connectivity index is 1.74. The molecule has 0 saturated carbocycles. The molecule has 0 aromatic heterocycles. The van der Waals surface area contributed by atoms with E-state index in [0.717, 1.165) is 26.1 Å². The Bertz CT molecular complexity index is 430. The first kappa shape index (κ1) is 12.0. The zero-order valence-corrected chi connectivity index (χ0v) is 11.2. The third kappa shape index (κ3) is 2.38. The van der Waals surface area contributed by atoms with E-state index in [-0.39, 0.29) is 0 Å². The Hall–Kier alpha value is -1.06. The molecule has 0 amide bonds. The van der Waals surface area contributed by atoms with Crippen molar-refractivity contribution in [3.8, 4) is 0 Å². The molecule has 0 aliphatic carbocycles. The second-order valence-electron chi connectivity index (χ2n) is 5.77. The van der Waals surface area contributed by atoms with Crippen molar-refractivity contribution in [1.82, 2.24) is 4.90 Å². The van der Waals surface area contributed by atoms with Crippen molar-refractivity contribution in [1.29, 1.82) is 0 Å². The summed E-state index contributed by atoms with van der Waals surface area (Å²) in [5.74, 6) is 0. The molecule has 18 heavy (non-hydrogen) atoms. The summed E-state index contributed by atoms with van der Waals surface area (Å²) in [4.78, 5) is 4.84. The fourth-order valence-electron chi connectivity index (χ4n) is 3.20. The molecule has 3 nitrogen and oxygen atoms in total. The molecule has 1 unspecified atom stereocenters. The van der Waals surface area contributed by atoms with Crippen LogP contribution in [0.2, 0.25) is 0 Å². The summed E-state index contributed by atoms with van der Waals surface area (Å²) in [5, 5.41) is 0. The Morgan fingerprint density at radius 2 is 2.22 bits per heavy atom. The molecule has 2 N–H and O–H groups in total. The monoisotopic (exact) mass is 245 g/mol. The molecule has 1 saturated heterocycles. The standard InChI is InChI=1S/C15H23N3/c1-17-7-2-3-13-9-12(4-5-15(13)17)10-18-8-6-14(16)11-18/h4-5,9,14H,2-3,6-8,10-11,16H2,1H3. The lowest BCUT2D eigenvalue weighted by molar-refractivity contribution is 0.327. The number of aryl methyl sites for hydroxylation is 1. The van der Waals surface area contributed by atoms with Crippen molar-refractivity contribution < 1.29 is 0 Å². The van der Waals surface area contributed by atoms with E-state index in [4.69, 9.17) is 5.73 Å². The normalized spacial score (nSPS) is 24.3. The van der Waals surface area contributed by atoms with E-state index in [2.05, 4.69) is 35.0 Å². The lowest BCUT2D eigenvalue weighted by Crippen LogP contribution is -2.27. The van der Waals surface area contributed by atoms with Gasteiger partial charge in [-0.3, -0.25) is 4.90 Å². The van der Waals surface area contributed by atoms with Gasteiger partial charge >= 0.3 is 0 Å². The topological polar surface area (TPSA) is 32.5 Å². The van der Waals surface area contributed by atoms with Crippen molar-refractivity contribution >= 4 is 5.69 Å². The molecule has 1 fully saturated rings. The molecule has 1 aromatic carbocycles. The number of benzene rings is 1. The van der Waals surface area contributed by atoms with E-state index in [1.165, 1.54) is 36.2 Å². The van der Waals surface area contributed by atoms with Gasteiger partial charge in [0.05, 0.1) is 0 Å². The number of nitrogens with zero attached hydrogens (tertiary/aromatic N) is 2. The van der Waals surface area contributed by atoms with Crippen molar-refractivity contribution in [2.24, 2.45) is 5.73 Å². The number of likely N-dealkylation sites (tertiary alicyclic amines) is 1. The van der Waals surface area contributed by atoms with E-state index in [9.17, 15) is 0 Å². The number of nitrogens with two attached hydrogens (primary N) is 1. The smallest absolute Gasteiger partial charge is 0.0396 e. The van der Waals surface area contributed by atoms with Gasteiger partial charge in [0.15, 0.2) is 0 Å². The molecule has 3 heteroatoms. The van der Waals surface area contributed by atoms with Crippen molar-refractivity contribution in [2.45, 2.75) is 31.8 Å². The Kier molecular flexibility index (Phi) is 3.27. The lowest BCUT2D eigenvalue weighted by Gasteiger charge is -2.28. The van der Waals surface area contributed by atoms with Crippen molar-refractivity contribution in [2.75, 3.05) is 31.6 Å². The summed E-state index contributed by atoms with van der Waals surface area (Å²) in [6.45, 7) is 4.45. The maximum Gasteiger partial charge on any atom is 0.0396 e. The van der Waals surface area contributed by atoms with Crippen LogP contribution >= 0.6 is 0 Å². The van der Waals surface area contributed by atoms with E-state index >= 15 is 0 Å². The van der Waals surface area contributed by atoms with Crippen LogP contribution in [0.15, 0.2) is 18.2 Å². The zero-order valence-electron chi connectivity index (χ0n) is 11.2. The molecule has 0 bridgehead atoms. The average Bonchev–Trinajstić information content (AvgIpc) is 2.75. The lowest BCUT2D eigenvalue weighted by atomic mass is 9.99. The summed E-state index contributed by atoms with van der Waals surface area (Å²) in [5.41, 5.74) is 10.3. The van der Waals surface area contributed by atoms with Gasteiger partial charge in [0.2, 0.25) is 0 Å². The van der Waals surface area contributed by atoms with E-state index in [0.29, 0.717) is 6.04 Å². The first-order chi connectivity index (χ1) is 8.72. The number of hydrogen-bond donors (Lipinski definition) is 1. The molecular formula is C15H23N3. The molecule has 2 heterocycles. The van der Waals surface area contributed by atoms with Gasteiger partial charge in [0, 0.05) is 45.0 Å². The summed E-state index contributed by atoms with van der Waals surface area (Å²) >= 11 is 0. The molecule has 0 spiro atoms. The van der Waals surface area contributed by atoms with Gasteiger partial charge in [-0.25, -0.2) is 0 Å². The number of rotatable bonds is 2. The van der Waals surface area contributed by atoms with Gasteiger partial charge < -0.3 is 10.6 Å². The molecule has 0 radical (unpaired) electrons. The minimum atomic E-state index is 0.383. The molecule has 2 aliphatic heterocycles. The Labute approximate surface area is 110 Å². The van der Waals surface area contributed by atoms with Crippen LogP contribution in [0.25, 0.3) is 0 Å². The van der Waals surface area contributed by atoms with Crippen LogP contribution in [0, 0.1) is 0 Å². The summed E-state index contributed by atoms with van der Waals surface area (Å²) in [6.07, 6.45) is 3.66. The van der Waals surface area contributed by atoms with E-state index < -0.39 is 0 Å². The Morgan fingerprint density at radius 3 is 3.00 bits per heavy atom. The van der Waals surface area contributed by atoms with E-state index in [1.807, 2.05) is 0 Å². The van der Waals surface area contributed by atoms with Crippen LogP contribution in [-0.2, 0) is 13.0 Å². The SMILES string of the molecule is CN1CCCc2cc(CN3CCC(N)C3)ccc21.